The van der Waals surface area contributed by atoms with E-state index < -0.39 is 0 Å². The lowest BCUT2D eigenvalue weighted by atomic mass is 9.43. The van der Waals surface area contributed by atoms with Gasteiger partial charge in [0, 0.05) is 10.8 Å². The second kappa shape index (κ2) is 2.46. The Morgan fingerprint density at radius 1 is 1.27 bits per heavy atom. The minimum Gasteiger partial charge on any atom is -0.197 e. The highest BCUT2D eigenvalue weighted by Crippen LogP contribution is 2.65. The van der Waals surface area contributed by atoms with Gasteiger partial charge >= 0.3 is 0 Å². The maximum Gasteiger partial charge on any atom is 0.0816 e. The van der Waals surface area contributed by atoms with Crippen molar-refractivity contribution in [3.8, 4) is 0 Å². The van der Waals surface area contributed by atoms with Crippen LogP contribution < -0.4 is 0 Å². The number of rotatable bonds is 1. The Balaban J connectivity index is 2.01. The van der Waals surface area contributed by atoms with Crippen LogP contribution in [0.25, 0.3) is 10.9 Å². The summed E-state index contributed by atoms with van der Waals surface area (Å²) in [4.78, 5) is 0. The summed E-state index contributed by atoms with van der Waals surface area (Å²) in [5.41, 5.74) is 2.96. The summed E-state index contributed by atoms with van der Waals surface area (Å²) in [7, 11) is 0. The largest absolute Gasteiger partial charge is 0.197 e. The van der Waals surface area contributed by atoms with Gasteiger partial charge in [-0.2, -0.15) is 8.81 Å². The molecule has 0 saturated heterocycles. The molecule has 2 nitrogen and oxygen atoms in total. The minimum atomic E-state index is 0.448. The summed E-state index contributed by atoms with van der Waals surface area (Å²) in [5, 5.41) is 5.98. The van der Waals surface area contributed by atoms with Crippen molar-refractivity contribution in [1.29, 1.82) is 0 Å². The highest BCUT2D eigenvalue weighted by Gasteiger charge is 2.59. The van der Waals surface area contributed by atoms with Gasteiger partial charge in [-0.15, -0.1) is 0 Å². The van der Waals surface area contributed by atoms with Crippen LogP contribution in [-0.2, 0) is 5.41 Å². The first-order chi connectivity index (χ1) is 7.28. The highest BCUT2D eigenvalue weighted by molar-refractivity contribution is 9.08. The average Bonchev–Trinajstić information content (AvgIpc) is 2.41. The van der Waals surface area contributed by atoms with Gasteiger partial charge in [0.1, 0.15) is 0 Å². The molecule has 0 atom stereocenters. The van der Waals surface area contributed by atoms with Crippen LogP contribution in [0.4, 0.5) is 0 Å². The molecule has 1 aromatic carbocycles. The van der Waals surface area contributed by atoms with E-state index >= 15 is 0 Å². The Hall–Kier alpha value is -0.830. The Morgan fingerprint density at radius 2 is 2.00 bits per heavy atom. The molecule has 5 rings (SSSR count). The predicted molar refractivity (Wildman–Crippen MR) is 63.1 cm³/mol. The van der Waals surface area contributed by atoms with Gasteiger partial charge in [0.2, 0.25) is 0 Å². The first-order valence-corrected chi connectivity index (χ1v) is 6.14. The lowest BCUT2D eigenvalue weighted by Gasteiger charge is -2.61. The van der Waals surface area contributed by atoms with E-state index in [1.54, 1.807) is 0 Å². The summed E-state index contributed by atoms with van der Waals surface area (Å²) < 4.78 is 1.85. The molecule has 3 heteroatoms. The van der Waals surface area contributed by atoms with E-state index in [1.807, 2.05) is 3.71 Å². The van der Waals surface area contributed by atoms with E-state index in [0.29, 0.717) is 5.41 Å². The summed E-state index contributed by atoms with van der Waals surface area (Å²) in [5.74, 6) is 1.00. The Bertz CT molecular complexity index is 541. The maximum absolute atomic E-state index is 4.65. The lowest BCUT2D eigenvalue weighted by Crippen LogP contribution is -2.55. The molecule has 2 bridgehead atoms. The number of halogens is 1. The van der Waals surface area contributed by atoms with Gasteiger partial charge in [-0.25, -0.2) is 0 Å². The van der Waals surface area contributed by atoms with Crippen molar-refractivity contribution in [2.24, 2.45) is 5.92 Å². The minimum absolute atomic E-state index is 0.448. The van der Waals surface area contributed by atoms with E-state index in [0.717, 1.165) is 5.92 Å². The number of fused-ring (bicyclic) bond motifs is 1. The van der Waals surface area contributed by atoms with E-state index in [2.05, 4.69) is 45.5 Å². The van der Waals surface area contributed by atoms with Crippen LogP contribution in [0.1, 0.15) is 25.0 Å². The summed E-state index contributed by atoms with van der Waals surface area (Å²) >= 11 is 3.49. The number of para-hydroxylation sites is 1. The van der Waals surface area contributed by atoms with Gasteiger partial charge in [-0.05, 0) is 31.2 Å². The van der Waals surface area contributed by atoms with Gasteiger partial charge in [0.05, 0.1) is 27.4 Å². The van der Waals surface area contributed by atoms with Crippen molar-refractivity contribution in [2.75, 3.05) is 0 Å². The van der Waals surface area contributed by atoms with Crippen molar-refractivity contribution in [1.82, 2.24) is 8.81 Å². The maximum atomic E-state index is 4.65. The van der Waals surface area contributed by atoms with Crippen LogP contribution in [0.5, 0.6) is 0 Å². The third-order valence-corrected chi connectivity index (χ3v) is 4.63. The Kier molecular flexibility index (Phi) is 1.37. The fourth-order valence-electron chi connectivity index (χ4n) is 3.19. The van der Waals surface area contributed by atoms with E-state index in [-0.39, 0.29) is 0 Å². The lowest BCUT2D eigenvalue weighted by molar-refractivity contribution is -0.0298. The molecule has 1 heterocycles. The molecule has 0 N–H and O–H groups in total. The van der Waals surface area contributed by atoms with E-state index in [9.17, 15) is 0 Å². The molecule has 0 aliphatic heterocycles. The SMILES string of the molecule is Brn1nc(C23CC(C2)C3)c2ccccc21. The number of benzene rings is 1. The van der Waals surface area contributed by atoms with Crippen molar-refractivity contribution in [3.05, 3.63) is 30.0 Å². The zero-order valence-corrected chi connectivity index (χ0v) is 9.87. The quantitative estimate of drug-likeness (QED) is 0.772. The van der Waals surface area contributed by atoms with Crippen molar-refractivity contribution in [2.45, 2.75) is 24.7 Å². The van der Waals surface area contributed by atoms with Crippen LogP contribution in [-0.4, -0.2) is 8.81 Å². The van der Waals surface area contributed by atoms with Crippen molar-refractivity contribution in [3.63, 3.8) is 0 Å². The van der Waals surface area contributed by atoms with E-state index in [4.69, 9.17) is 0 Å². The monoisotopic (exact) mass is 262 g/mol. The molecule has 1 aromatic heterocycles. The second-order valence-corrected chi connectivity index (χ2v) is 5.66. The fourth-order valence-corrected chi connectivity index (χ4v) is 3.66. The molecule has 3 aliphatic carbocycles. The number of hydrogen-bond donors (Lipinski definition) is 0. The molecule has 3 aliphatic rings. The molecular weight excluding hydrogens is 252 g/mol. The molecule has 0 radical (unpaired) electrons. The first kappa shape index (κ1) is 8.34. The second-order valence-electron chi connectivity index (χ2n) is 4.98. The van der Waals surface area contributed by atoms with Crippen LogP contribution in [0.15, 0.2) is 24.3 Å². The number of aromatic nitrogens is 2. The van der Waals surface area contributed by atoms with E-state index in [1.165, 1.54) is 35.9 Å². The third kappa shape index (κ3) is 0.882. The zero-order valence-electron chi connectivity index (χ0n) is 8.28. The Labute approximate surface area is 96.6 Å². The zero-order chi connectivity index (χ0) is 10.0. The third-order valence-electron chi connectivity index (χ3n) is 4.09. The average molecular weight is 263 g/mol. The first-order valence-electron chi connectivity index (χ1n) is 5.43. The molecule has 2 aromatic rings. The van der Waals surface area contributed by atoms with Gasteiger partial charge < -0.3 is 0 Å². The molecule has 76 valence electrons. The molecule has 3 fully saturated rings. The number of hydrogen-bond acceptors (Lipinski definition) is 1. The van der Waals surface area contributed by atoms with Crippen LogP contribution in [0, 0.1) is 5.92 Å². The molecule has 3 saturated carbocycles. The van der Waals surface area contributed by atoms with Gasteiger partial charge in [0.25, 0.3) is 0 Å². The van der Waals surface area contributed by atoms with Crippen molar-refractivity contribution >= 4 is 27.1 Å². The van der Waals surface area contributed by atoms with Gasteiger partial charge in [-0.3, -0.25) is 0 Å². The normalized spacial score (nSPS) is 32.5. The smallest absolute Gasteiger partial charge is 0.0816 e. The molecule has 0 spiro atoms. The van der Waals surface area contributed by atoms with Crippen LogP contribution in [0.2, 0.25) is 0 Å². The Morgan fingerprint density at radius 3 is 2.67 bits per heavy atom. The fraction of sp³-hybridized carbons (Fsp3) is 0.417. The van der Waals surface area contributed by atoms with Crippen LogP contribution in [0.3, 0.4) is 0 Å². The molecular formula is C12H11BrN2. The van der Waals surface area contributed by atoms with Crippen LogP contribution >= 0.6 is 16.1 Å². The standard InChI is InChI=1S/C12H11BrN2/c13-15-10-4-2-1-3-9(10)11(14-15)12-5-8(6-12)7-12/h1-4,8H,5-7H2. The molecule has 0 unspecified atom stereocenters. The summed E-state index contributed by atoms with van der Waals surface area (Å²) in [6, 6.07) is 8.47. The highest BCUT2D eigenvalue weighted by atomic mass is 79.9. The predicted octanol–water partition coefficient (Wildman–Crippen LogP) is 3.25. The van der Waals surface area contributed by atoms with Gasteiger partial charge in [0.15, 0.2) is 0 Å². The topological polar surface area (TPSA) is 17.8 Å². The van der Waals surface area contributed by atoms with Gasteiger partial charge in [-0.1, -0.05) is 18.2 Å². The summed E-state index contributed by atoms with van der Waals surface area (Å²) in [6.45, 7) is 0. The molecule has 15 heavy (non-hydrogen) atoms. The number of nitrogens with zero attached hydrogens (tertiary/aromatic N) is 2. The molecule has 0 amide bonds. The van der Waals surface area contributed by atoms with Crippen molar-refractivity contribution < 1.29 is 0 Å². The summed E-state index contributed by atoms with van der Waals surface area (Å²) in [6.07, 6.45) is 4.09.